The second-order valence-electron chi connectivity index (χ2n) is 8.17. The van der Waals surface area contributed by atoms with Gasteiger partial charge < -0.3 is 5.32 Å². The van der Waals surface area contributed by atoms with Crippen molar-refractivity contribution in [1.29, 1.82) is 0 Å². The van der Waals surface area contributed by atoms with Crippen LogP contribution in [0.3, 0.4) is 0 Å². The second-order valence-corrected chi connectivity index (χ2v) is 10.3. The number of sulfonamides is 1. The summed E-state index contributed by atoms with van der Waals surface area (Å²) in [5, 5.41) is 3.10. The minimum atomic E-state index is -3.28. The molecule has 2 saturated heterocycles. The van der Waals surface area contributed by atoms with Gasteiger partial charge >= 0.3 is 0 Å². The summed E-state index contributed by atoms with van der Waals surface area (Å²) in [5.74, 6) is 0.0631. The first-order chi connectivity index (χ1) is 14.0. The van der Waals surface area contributed by atoms with Crippen LogP contribution >= 0.6 is 0 Å². The van der Waals surface area contributed by atoms with E-state index in [0.717, 1.165) is 37.8 Å². The van der Waals surface area contributed by atoms with Crippen molar-refractivity contribution in [3.63, 3.8) is 0 Å². The lowest BCUT2D eigenvalue weighted by atomic mass is 9.90. The van der Waals surface area contributed by atoms with Crippen molar-refractivity contribution in [3.8, 4) is 0 Å². The van der Waals surface area contributed by atoms with Crippen LogP contribution in [-0.2, 0) is 21.4 Å². The second kappa shape index (κ2) is 10.5. The molecule has 1 aromatic rings. The third-order valence-corrected chi connectivity index (χ3v) is 8.05. The van der Waals surface area contributed by atoms with Crippen molar-refractivity contribution in [2.75, 3.05) is 31.9 Å². The molecule has 0 aliphatic carbocycles. The smallest absolute Gasteiger partial charge is 0.224 e. The Morgan fingerprint density at radius 1 is 1.14 bits per heavy atom. The number of hydrogen-bond acceptors (Lipinski definition) is 5. The zero-order valence-corrected chi connectivity index (χ0v) is 18.2. The fourth-order valence-corrected chi connectivity index (χ4v) is 5.98. The van der Waals surface area contributed by atoms with Crippen LogP contribution in [-0.4, -0.2) is 66.5 Å². The molecule has 0 bridgehead atoms. The van der Waals surface area contributed by atoms with E-state index in [9.17, 15) is 13.2 Å². The number of pyridine rings is 1. The van der Waals surface area contributed by atoms with Crippen molar-refractivity contribution in [1.82, 2.24) is 19.5 Å². The van der Waals surface area contributed by atoms with E-state index in [1.54, 1.807) is 16.7 Å². The lowest BCUT2D eigenvalue weighted by Gasteiger charge is -2.43. The molecule has 3 heterocycles. The van der Waals surface area contributed by atoms with Gasteiger partial charge in [-0.1, -0.05) is 19.8 Å². The van der Waals surface area contributed by atoms with Crippen LogP contribution in [0.15, 0.2) is 24.5 Å². The largest absolute Gasteiger partial charge is 0.356 e. The van der Waals surface area contributed by atoms with Crippen LogP contribution < -0.4 is 5.32 Å². The van der Waals surface area contributed by atoms with Crippen LogP contribution in [0.4, 0.5) is 0 Å². The standard InChI is InChI=1S/C21H34N4O3S/c1-2-15-29(27,28)25-14-9-19-20(17-25)24(16-18-7-11-22-12-8-18)13-6-4-3-5-10-23-21(19)26/h7-8,11-12,19-20H,2-6,9-10,13-17H2,1H3,(H,23,26)/t19-,20+/m0/s1. The minimum Gasteiger partial charge on any atom is -0.356 e. The molecule has 8 heteroatoms. The summed E-state index contributed by atoms with van der Waals surface area (Å²) in [6.07, 6.45) is 9.04. The van der Waals surface area contributed by atoms with Gasteiger partial charge in [0.1, 0.15) is 0 Å². The molecule has 0 spiro atoms. The topological polar surface area (TPSA) is 82.6 Å². The number of hydrogen-bond donors (Lipinski definition) is 1. The monoisotopic (exact) mass is 422 g/mol. The molecule has 0 saturated carbocycles. The van der Waals surface area contributed by atoms with Gasteiger partial charge in [0, 0.05) is 44.6 Å². The van der Waals surface area contributed by atoms with E-state index in [1.165, 1.54) is 0 Å². The Labute approximate surface area is 174 Å². The Bertz CT molecular complexity index is 756. The van der Waals surface area contributed by atoms with Gasteiger partial charge in [0.15, 0.2) is 0 Å². The molecule has 0 radical (unpaired) electrons. The predicted molar refractivity (Wildman–Crippen MR) is 114 cm³/mol. The van der Waals surface area contributed by atoms with E-state index in [0.29, 0.717) is 39.0 Å². The molecule has 1 aromatic heterocycles. The fraction of sp³-hybridized carbons (Fsp3) is 0.714. The highest BCUT2D eigenvalue weighted by Gasteiger charge is 2.40. The molecule has 29 heavy (non-hydrogen) atoms. The van der Waals surface area contributed by atoms with Gasteiger partial charge in [-0.2, -0.15) is 0 Å². The van der Waals surface area contributed by atoms with Gasteiger partial charge in [0.2, 0.25) is 15.9 Å². The highest BCUT2D eigenvalue weighted by atomic mass is 32.2. The molecule has 2 atom stereocenters. The zero-order valence-electron chi connectivity index (χ0n) is 17.4. The molecule has 1 N–H and O–H groups in total. The number of amides is 1. The molecule has 7 nitrogen and oxygen atoms in total. The lowest BCUT2D eigenvalue weighted by molar-refractivity contribution is -0.129. The Hall–Kier alpha value is -1.51. The molecular formula is C21H34N4O3S. The van der Waals surface area contributed by atoms with Crippen molar-refractivity contribution in [2.24, 2.45) is 5.92 Å². The molecule has 2 aliphatic rings. The maximum atomic E-state index is 12.9. The number of nitrogens with one attached hydrogen (secondary N) is 1. The third kappa shape index (κ3) is 5.99. The number of aromatic nitrogens is 1. The Kier molecular flexibility index (Phi) is 8.03. The first kappa shape index (κ1) is 22.2. The van der Waals surface area contributed by atoms with E-state index in [4.69, 9.17) is 0 Å². The molecule has 0 aromatic carbocycles. The summed E-state index contributed by atoms with van der Waals surface area (Å²) in [6.45, 7) is 5.01. The van der Waals surface area contributed by atoms with Gasteiger partial charge in [0.25, 0.3) is 0 Å². The average Bonchev–Trinajstić information content (AvgIpc) is 2.75. The van der Waals surface area contributed by atoms with Crippen molar-refractivity contribution in [2.45, 2.75) is 58.0 Å². The van der Waals surface area contributed by atoms with Crippen LogP contribution in [0.1, 0.15) is 51.0 Å². The first-order valence-electron chi connectivity index (χ1n) is 10.9. The highest BCUT2D eigenvalue weighted by molar-refractivity contribution is 7.89. The number of nitrogens with zero attached hydrogens (tertiary/aromatic N) is 3. The molecule has 162 valence electrons. The summed E-state index contributed by atoms with van der Waals surface area (Å²) in [6, 6.07) is 3.88. The number of carbonyl (C=O) groups excluding carboxylic acids is 1. The number of carbonyl (C=O) groups is 1. The number of piperidine rings is 1. The SMILES string of the molecule is CCCS(=O)(=O)N1CC[C@@H]2C(=O)NCCCCCCN(Cc3ccncc3)[C@@H]2C1. The van der Waals surface area contributed by atoms with E-state index < -0.39 is 10.0 Å². The van der Waals surface area contributed by atoms with E-state index in [-0.39, 0.29) is 23.6 Å². The van der Waals surface area contributed by atoms with Crippen LogP contribution in [0.5, 0.6) is 0 Å². The summed E-state index contributed by atoms with van der Waals surface area (Å²) in [7, 11) is -3.28. The maximum absolute atomic E-state index is 12.9. The fourth-order valence-electron chi connectivity index (χ4n) is 4.44. The summed E-state index contributed by atoms with van der Waals surface area (Å²) >= 11 is 0. The van der Waals surface area contributed by atoms with E-state index >= 15 is 0 Å². The lowest BCUT2D eigenvalue weighted by Crippen LogP contribution is -2.57. The third-order valence-electron chi connectivity index (χ3n) is 6.01. The summed E-state index contributed by atoms with van der Waals surface area (Å²) in [4.78, 5) is 19.4. The molecule has 2 aliphatic heterocycles. The molecule has 0 unspecified atom stereocenters. The van der Waals surface area contributed by atoms with Gasteiger partial charge in [-0.3, -0.25) is 14.7 Å². The Morgan fingerprint density at radius 2 is 1.90 bits per heavy atom. The van der Waals surface area contributed by atoms with Crippen LogP contribution in [0, 0.1) is 5.92 Å². The van der Waals surface area contributed by atoms with Crippen LogP contribution in [0.25, 0.3) is 0 Å². The van der Waals surface area contributed by atoms with Crippen molar-refractivity contribution in [3.05, 3.63) is 30.1 Å². The maximum Gasteiger partial charge on any atom is 0.224 e. The van der Waals surface area contributed by atoms with E-state index in [2.05, 4.69) is 15.2 Å². The average molecular weight is 423 g/mol. The number of rotatable bonds is 5. The Morgan fingerprint density at radius 3 is 2.66 bits per heavy atom. The quantitative estimate of drug-likeness (QED) is 0.785. The number of fused-ring (bicyclic) bond motifs is 1. The van der Waals surface area contributed by atoms with E-state index in [1.807, 2.05) is 19.1 Å². The molecule has 2 fully saturated rings. The molecular weight excluding hydrogens is 388 g/mol. The van der Waals surface area contributed by atoms with Crippen molar-refractivity contribution < 1.29 is 13.2 Å². The normalized spacial score (nSPS) is 25.6. The first-order valence-corrected chi connectivity index (χ1v) is 12.5. The van der Waals surface area contributed by atoms with Gasteiger partial charge in [-0.15, -0.1) is 0 Å². The molecule has 1 amide bonds. The minimum absolute atomic E-state index is 0.0733. The van der Waals surface area contributed by atoms with Crippen LogP contribution in [0.2, 0.25) is 0 Å². The zero-order chi connectivity index (χ0) is 20.7. The summed E-state index contributed by atoms with van der Waals surface area (Å²) in [5.41, 5.74) is 1.14. The summed E-state index contributed by atoms with van der Waals surface area (Å²) < 4.78 is 27.1. The highest BCUT2D eigenvalue weighted by Crippen LogP contribution is 2.27. The Balaban J connectivity index is 1.87. The van der Waals surface area contributed by atoms with Crippen molar-refractivity contribution >= 4 is 15.9 Å². The molecule has 3 rings (SSSR count). The van der Waals surface area contributed by atoms with Gasteiger partial charge in [-0.25, -0.2) is 12.7 Å². The predicted octanol–water partition coefficient (Wildman–Crippen LogP) is 2.00. The van der Waals surface area contributed by atoms with Gasteiger partial charge in [-0.05, 0) is 49.9 Å². The van der Waals surface area contributed by atoms with Gasteiger partial charge in [0.05, 0.1) is 11.7 Å².